The number of anilines is 1. The number of pyridine rings is 1. The molecule has 1 aromatic carbocycles. The van der Waals surface area contributed by atoms with Gasteiger partial charge in [0.05, 0.1) is 11.0 Å². The van der Waals surface area contributed by atoms with Gasteiger partial charge in [0.2, 0.25) is 11.9 Å². The molecule has 0 aliphatic heterocycles. The molecule has 3 rings (SSSR count). The van der Waals surface area contributed by atoms with E-state index < -0.39 is 11.9 Å². The van der Waals surface area contributed by atoms with E-state index in [2.05, 4.69) is 25.6 Å². The molecule has 0 saturated heterocycles. The van der Waals surface area contributed by atoms with Crippen molar-refractivity contribution in [2.75, 3.05) is 5.32 Å². The third-order valence-electron chi connectivity index (χ3n) is 3.27. The average molecular weight is 309 g/mol. The third kappa shape index (κ3) is 3.34. The average Bonchev–Trinajstić information content (AvgIpc) is 2.97. The number of hydrogen-bond donors (Lipinski definition) is 3. The van der Waals surface area contributed by atoms with Crippen molar-refractivity contribution in [3.63, 3.8) is 0 Å². The summed E-state index contributed by atoms with van der Waals surface area (Å²) in [5.74, 6) is -0.429. The molecular formula is C16H15N5O2. The van der Waals surface area contributed by atoms with Crippen LogP contribution in [0.25, 0.3) is 11.0 Å². The summed E-state index contributed by atoms with van der Waals surface area (Å²) >= 11 is 0. The molecular weight excluding hydrogens is 294 g/mol. The summed E-state index contributed by atoms with van der Waals surface area (Å²) in [6.45, 7) is 1.60. The lowest BCUT2D eigenvalue weighted by atomic mass is 10.2. The van der Waals surface area contributed by atoms with Gasteiger partial charge < -0.3 is 10.3 Å². The summed E-state index contributed by atoms with van der Waals surface area (Å²) in [6, 6.07) is 11.7. The second-order valence-corrected chi connectivity index (χ2v) is 5.00. The number of para-hydroxylation sites is 2. The van der Waals surface area contributed by atoms with Gasteiger partial charge in [-0.3, -0.25) is 19.9 Å². The lowest BCUT2D eigenvalue weighted by Gasteiger charge is -2.12. The van der Waals surface area contributed by atoms with E-state index >= 15 is 0 Å². The van der Waals surface area contributed by atoms with Gasteiger partial charge in [0, 0.05) is 6.20 Å². The lowest BCUT2D eigenvalue weighted by molar-refractivity contribution is -0.117. The maximum Gasteiger partial charge on any atom is 0.270 e. The highest BCUT2D eigenvalue weighted by molar-refractivity contribution is 6.00. The fraction of sp³-hybridized carbons (Fsp3) is 0.125. The zero-order chi connectivity index (χ0) is 16.2. The van der Waals surface area contributed by atoms with E-state index in [0.717, 1.165) is 11.0 Å². The number of amides is 2. The SMILES string of the molecule is C[C@H](NC(=O)c1ccccn1)C(=O)Nc1nc2ccccc2[nH]1. The maximum atomic E-state index is 12.1. The Kier molecular flexibility index (Phi) is 4.01. The molecule has 7 nitrogen and oxygen atoms in total. The Balaban J connectivity index is 1.64. The molecule has 1 atom stereocenters. The van der Waals surface area contributed by atoms with Gasteiger partial charge in [0.1, 0.15) is 11.7 Å². The van der Waals surface area contributed by atoms with Gasteiger partial charge >= 0.3 is 0 Å². The van der Waals surface area contributed by atoms with Gasteiger partial charge in [-0.1, -0.05) is 18.2 Å². The Hall–Kier alpha value is -3.22. The van der Waals surface area contributed by atoms with E-state index in [1.54, 1.807) is 25.1 Å². The number of fused-ring (bicyclic) bond motifs is 1. The molecule has 0 fully saturated rings. The van der Waals surface area contributed by atoms with Crippen LogP contribution in [0, 0.1) is 0 Å². The van der Waals surface area contributed by atoms with Gasteiger partial charge in [-0.05, 0) is 31.2 Å². The highest BCUT2D eigenvalue weighted by Crippen LogP contribution is 2.13. The number of H-pyrrole nitrogens is 1. The maximum absolute atomic E-state index is 12.1. The van der Waals surface area contributed by atoms with Gasteiger partial charge in [0.25, 0.3) is 5.91 Å². The van der Waals surface area contributed by atoms with Crippen molar-refractivity contribution in [2.45, 2.75) is 13.0 Å². The quantitative estimate of drug-likeness (QED) is 0.683. The van der Waals surface area contributed by atoms with E-state index in [1.807, 2.05) is 24.3 Å². The number of carbonyl (C=O) groups excluding carboxylic acids is 2. The Bertz CT molecular complexity index is 811. The Labute approximate surface area is 132 Å². The number of benzene rings is 1. The van der Waals surface area contributed by atoms with Crippen molar-refractivity contribution in [3.05, 3.63) is 54.4 Å². The summed E-state index contributed by atoms with van der Waals surface area (Å²) in [5, 5.41) is 5.24. The van der Waals surface area contributed by atoms with Gasteiger partial charge in [-0.25, -0.2) is 4.98 Å². The molecule has 116 valence electrons. The monoisotopic (exact) mass is 309 g/mol. The van der Waals surface area contributed by atoms with Crippen LogP contribution < -0.4 is 10.6 Å². The molecule has 2 amide bonds. The van der Waals surface area contributed by atoms with Crippen molar-refractivity contribution < 1.29 is 9.59 Å². The van der Waals surface area contributed by atoms with Gasteiger partial charge in [-0.15, -0.1) is 0 Å². The van der Waals surface area contributed by atoms with Crippen LogP contribution in [0.4, 0.5) is 5.95 Å². The van der Waals surface area contributed by atoms with E-state index in [1.165, 1.54) is 6.20 Å². The van der Waals surface area contributed by atoms with E-state index in [0.29, 0.717) is 5.95 Å². The van der Waals surface area contributed by atoms with Gasteiger partial charge in [-0.2, -0.15) is 0 Å². The summed E-state index contributed by atoms with van der Waals surface area (Å²) < 4.78 is 0. The van der Waals surface area contributed by atoms with Crippen LogP contribution in [0.15, 0.2) is 48.7 Å². The van der Waals surface area contributed by atoms with E-state index in [-0.39, 0.29) is 11.6 Å². The Morgan fingerprint density at radius 2 is 1.91 bits per heavy atom. The first-order valence-electron chi connectivity index (χ1n) is 7.11. The molecule has 0 saturated carbocycles. The molecule has 0 radical (unpaired) electrons. The molecule has 2 heterocycles. The third-order valence-corrected chi connectivity index (χ3v) is 3.27. The molecule has 3 aromatic rings. The number of aromatic amines is 1. The van der Waals surface area contributed by atoms with Crippen LogP contribution in [0.3, 0.4) is 0 Å². The summed E-state index contributed by atoms with van der Waals surface area (Å²) in [5.41, 5.74) is 1.84. The molecule has 0 bridgehead atoms. The predicted molar refractivity (Wildman–Crippen MR) is 85.9 cm³/mol. The first-order chi connectivity index (χ1) is 11.1. The van der Waals surface area contributed by atoms with Crippen molar-refractivity contribution >= 4 is 28.8 Å². The molecule has 0 spiro atoms. The normalized spacial score (nSPS) is 11.9. The van der Waals surface area contributed by atoms with Crippen LogP contribution in [0.2, 0.25) is 0 Å². The minimum absolute atomic E-state index is 0.260. The molecule has 23 heavy (non-hydrogen) atoms. The topological polar surface area (TPSA) is 99.8 Å². The van der Waals surface area contributed by atoms with Crippen molar-refractivity contribution in [1.82, 2.24) is 20.3 Å². The first-order valence-corrected chi connectivity index (χ1v) is 7.11. The fourth-order valence-corrected chi connectivity index (χ4v) is 2.07. The van der Waals surface area contributed by atoms with Crippen LogP contribution in [0.1, 0.15) is 17.4 Å². The molecule has 2 aromatic heterocycles. The van der Waals surface area contributed by atoms with Crippen LogP contribution in [0.5, 0.6) is 0 Å². The zero-order valence-corrected chi connectivity index (χ0v) is 12.4. The molecule has 0 aliphatic rings. The van der Waals surface area contributed by atoms with E-state index in [9.17, 15) is 9.59 Å². The smallest absolute Gasteiger partial charge is 0.270 e. The highest BCUT2D eigenvalue weighted by atomic mass is 16.2. The van der Waals surface area contributed by atoms with Crippen molar-refractivity contribution in [3.8, 4) is 0 Å². The number of aromatic nitrogens is 3. The van der Waals surface area contributed by atoms with Crippen LogP contribution in [-0.4, -0.2) is 32.8 Å². The van der Waals surface area contributed by atoms with Crippen LogP contribution >= 0.6 is 0 Å². The molecule has 0 unspecified atom stereocenters. The standard InChI is InChI=1S/C16H15N5O2/c1-10(18-15(23)13-8-4-5-9-17-13)14(22)21-16-19-11-6-2-3-7-12(11)20-16/h2-10H,1H3,(H,18,23)(H2,19,20,21,22)/t10-/m0/s1. The second kappa shape index (κ2) is 6.27. The minimum atomic E-state index is -0.724. The lowest BCUT2D eigenvalue weighted by Crippen LogP contribution is -2.42. The Morgan fingerprint density at radius 3 is 2.65 bits per heavy atom. The minimum Gasteiger partial charge on any atom is -0.339 e. The fourth-order valence-electron chi connectivity index (χ4n) is 2.07. The Morgan fingerprint density at radius 1 is 1.13 bits per heavy atom. The number of nitrogens with zero attached hydrogens (tertiary/aromatic N) is 2. The molecule has 0 aliphatic carbocycles. The second-order valence-electron chi connectivity index (χ2n) is 5.00. The predicted octanol–water partition coefficient (Wildman–Crippen LogP) is 1.71. The molecule has 7 heteroatoms. The largest absolute Gasteiger partial charge is 0.339 e. The summed E-state index contributed by atoms with van der Waals surface area (Å²) in [7, 11) is 0. The number of carbonyl (C=O) groups is 2. The van der Waals surface area contributed by atoms with Crippen LogP contribution in [-0.2, 0) is 4.79 Å². The van der Waals surface area contributed by atoms with E-state index in [4.69, 9.17) is 0 Å². The summed E-state index contributed by atoms with van der Waals surface area (Å²) in [4.78, 5) is 35.3. The van der Waals surface area contributed by atoms with Gasteiger partial charge in [0.15, 0.2) is 0 Å². The zero-order valence-electron chi connectivity index (χ0n) is 12.4. The first kappa shape index (κ1) is 14.7. The number of hydrogen-bond acceptors (Lipinski definition) is 4. The van der Waals surface area contributed by atoms with Crippen molar-refractivity contribution in [2.24, 2.45) is 0 Å². The van der Waals surface area contributed by atoms with Crippen molar-refractivity contribution in [1.29, 1.82) is 0 Å². The number of nitrogens with one attached hydrogen (secondary N) is 3. The number of rotatable bonds is 4. The summed E-state index contributed by atoms with van der Waals surface area (Å²) in [6.07, 6.45) is 1.52. The highest BCUT2D eigenvalue weighted by Gasteiger charge is 2.18. The molecule has 3 N–H and O–H groups in total. The number of imidazole rings is 1.